The largest absolute Gasteiger partial charge is 0.493 e. The smallest absolute Gasteiger partial charge is 0.373 e. The van der Waals surface area contributed by atoms with E-state index < -0.39 is 23.9 Å². The van der Waals surface area contributed by atoms with Crippen LogP contribution in [0.1, 0.15) is 35.7 Å². The van der Waals surface area contributed by atoms with Crippen molar-refractivity contribution in [2.45, 2.75) is 26.5 Å². The van der Waals surface area contributed by atoms with Crippen LogP contribution in [-0.4, -0.2) is 55.7 Å². The van der Waals surface area contributed by atoms with Crippen molar-refractivity contribution < 1.29 is 42.5 Å². The maximum atomic E-state index is 12.8. The number of amides is 3. The SMILES string of the molecule is COC(=O)c1ccc(CN2C(=O)N/C(=C\c3cc(Br)c(OCC(=O)OC(C)C)c(OC)c3)C2=O)o1. The summed E-state index contributed by atoms with van der Waals surface area (Å²) >= 11 is 3.37. The normalized spacial score (nSPS) is 14.3. The first-order chi connectivity index (χ1) is 16.6. The van der Waals surface area contributed by atoms with Gasteiger partial charge in [-0.1, -0.05) is 0 Å². The summed E-state index contributed by atoms with van der Waals surface area (Å²) in [5.41, 5.74) is 0.542. The van der Waals surface area contributed by atoms with Gasteiger partial charge in [-0.15, -0.1) is 0 Å². The molecule has 0 radical (unpaired) electrons. The van der Waals surface area contributed by atoms with Gasteiger partial charge < -0.3 is 28.7 Å². The highest BCUT2D eigenvalue weighted by molar-refractivity contribution is 9.10. The standard InChI is InChI=1S/C23H23BrN2O9/c1-12(2)34-19(27)11-33-20-15(24)7-13(9-18(20)31-3)8-16-21(28)26(23(30)25-16)10-14-5-6-17(35-14)22(29)32-4/h5-9,12H,10-11H2,1-4H3,(H,25,30)/b16-8-. The molecular formula is C23H23BrN2O9. The van der Waals surface area contributed by atoms with E-state index >= 15 is 0 Å². The van der Waals surface area contributed by atoms with Gasteiger partial charge in [0.1, 0.15) is 11.5 Å². The van der Waals surface area contributed by atoms with Crippen molar-refractivity contribution in [1.82, 2.24) is 10.2 Å². The number of urea groups is 1. The van der Waals surface area contributed by atoms with Crippen molar-refractivity contribution in [1.29, 1.82) is 0 Å². The van der Waals surface area contributed by atoms with Crippen molar-refractivity contribution in [2.24, 2.45) is 0 Å². The summed E-state index contributed by atoms with van der Waals surface area (Å²) in [5.74, 6) is -1.02. The fourth-order valence-corrected chi connectivity index (χ4v) is 3.68. The number of imide groups is 1. The number of furan rings is 1. The highest BCUT2D eigenvalue weighted by Gasteiger charge is 2.34. The summed E-state index contributed by atoms with van der Waals surface area (Å²) in [6.07, 6.45) is 1.19. The second kappa shape index (κ2) is 11.1. The van der Waals surface area contributed by atoms with E-state index in [0.29, 0.717) is 15.8 Å². The Kier molecular flexibility index (Phi) is 8.18. The van der Waals surface area contributed by atoms with Gasteiger partial charge in [0.25, 0.3) is 5.91 Å². The first kappa shape index (κ1) is 25.8. The number of ether oxygens (including phenoxy) is 4. The molecule has 0 bridgehead atoms. The molecule has 1 aliphatic rings. The Morgan fingerprint density at radius 1 is 1.20 bits per heavy atom. The molecule has 1 aliphatic heterocycles. The van der Waals surface area contributed by atoms with E-state index in [2.05, 4.69) is 26.0 Å². The summed E-state index contributed by atoms with van der Waals surface area (Å²) in [6, 6.07) is 5.44. The lowest BCUT2D eigenvalue weighted by molar-refractivity contribution is -0.149. The monoisotopic (exact) mass is 550 g/mol. The highest BCUT2D eigenvalue weighted by atomic mass is 79.9. The minimum Gasteiger partial charge on any atom is -0.493 e. The van der Waals surface area contributed by atoms with E-state index in [1.54, 1.807) is 26.0 Å². The Morgan fingerprint density at radius 2 is 1.94 bits per heavy atom. The molecule has 0 unspecified atom stereocenters. The Labute approximate surface area is 209 Å². The average molecular weight is 551 g/mol. The fraction of sp³-hybridized carbons (Fsp3) is 0.304. The summed E-state index contributed by atoms with van der Waals surface area (Å²) in [5, 5.41) is 2.51. The fourth-order valence-electron chi connectivity index (χ4n) is 3.10. The predicted octanol–water partition coefficient (Wildman–Crippen LogP) is 3.26. The molecule has 2 aromatic rings. The zero-order valence-electron chi connectivity index (χ0n) is 19.4. The maximum absolute atomic E-state index is 12.8. The molecule has 3 rings (SSSR count). The van der Waals surface area contributed by atoms with Gasteiger partial charge in [-0.3, -0.25) is 9.69 Å². The number of rotatable bonds is 9. The number of hydrogen-bond acceptors (Lipinski definition) is 9. The van der Waals surface area contributed by atoms with Crippen LogP contribution >= 0.6 is 15.9 Å². The first-order valence-electron chi connectivity index (χ1n) is 10.3. The van der Waals surface area contributed by atoms with Gasteiger partial charge in [-0.2, -0.15) is 0 Å². The lowest BCUT2D eigenvalue weighted by Crippen LogP contribution is -2.30. The van der Waals surface area contributed by atoms with Crippen molar-refractivity contribution in [3.8, 4) is 11.5 Å². The molecule has 3 amide bonds. The molecule has 0 saturated carbocycles. The van der Waals surface area contributed by atoms with Gasteiger partial charge in [0, 0.05) is 0 Å². The van der Waals surface area contributed by atoms with E-state index in [-0.39, 0.29) is 42.2 Å². The van der Waals surface area contributed by atoms with E-state index in [4.69, 9.17) is 18.6 Å². The molecule has 12 heteroatoms. The number of carbonyl (C=O) groups excluding carboxylic acids is 4. The lowest BCUT2D eigenvalue weighted by atomic mass is 10.1. The zero-order valence-corrected chi connectivity index (χ0v) is 21.0. The summed E-state index contributed by atoms with van der Waals surface area (Å²) in [6.45, 7) is 2.97. The third kappa shape index (κ3) is 6.21. The third-order valence-electron chi connectivity index (χ3n) is 4.59. The van der Waals surface area contributed by atoms with Crippen molar-refractivity contribution in [3.63, 3.8) is 0 Å². The van der Waals surface area contributed by atoms with E-state index in [1.807, 2.05) is 0 Å². The molecule has 0 atom stereocenters. The molecule has 0 aliphatic carbocycles. The van der Waals surface area contributed by atoms with E-state index in [0.717, 1.165) is 4.90 Å². The minimum atomic E-state index is -0.669. The predicted molar refractivity (Wildman–Crippen MR) is 125 cm³/mol. The Bertz CT molecular complexity index is 1190. The molecule has 1 aromatic heterocycles. The van der Waals surface area contributed by atoms with Crippen molar-refractivity contribution >= 4 is 45.9 Å². The molecule has 11 nitrogen and oxygen atoms in total. The van der Waals surface area contributed by atoms with E-state index in [1.165, 1.54) is 32.4 Å². The van der Waals surface area contributed by atoms with Gasteiger partial charge in [-0.25, -0.2) is 14.4 Å². The van der Waals surface area contributed by atoms with Crippen LogP contribution in [-0.2, 0) is 25.6 Å². The Morgan fingerprint density at radius 3 is 2.60 bits per heavy atom. The molecule has 1 aromatic carbocycles. The average Bonchev–Trinajstić information content (AvgIpc) is 3.37. The molecule has 2 heterocycles. The molecule has 1 N–H and O–H groups in total. The van der Waals surface area contributed by atoms with Gasteiger partial charge >= 0.3 is 18.0 Å². The molecule has 0 spiro atoms. The Balaban J connectivity index is 1.76. The molecule has 1 saturated heterocycles. The van der Waals surface area contributed by atoms with Gasteiger partial charge in [0.15, 0.2) is 18.1 Å². The topological polar surface area (TPSA) is 134 Å². The van der Waals surface area contributed by atoms with Crippen LogP contribution in [0.3, 0.4) is 0 Å². The first-order valence-corrected chi connectivity index (χ1v) is 11.1. The quantitative estimate of drug-likeness (QED) is 0.283. The number of nitrogens with one attached hydrogen (secondary N) is 1. The number of hydrogen-bond donors (Lipinski definition) is 1. The molecule has 1 fully saturated rings. The minimum absolute atomic E-state index is 0.0258. The second-order valence-corrected chi connectivity index (χ2v) is 8.35. The van der Waals surface area contributed by atoms with Crippen LogP contribution in [0.4, 0.5) is 4.79 Å². The summed E-state index contributed by atoms with van der Waals surface area (Å²) < 4.78 is 26.3. The number of esters is 2. The van der Waals surface area contributed by atoms with Crippen molar-refractivity contribution in [2.75, 3.05) is 20.8 Å². The van der Waals surface area contributed by atoms with Crippen molar-refractivity contribution in [3.05, 3.63) is 51.5 Å². The van der Waals surface area contributed by atoms with Gasteiger partial charge in [0.05, 0.1) is 31.3 Å². The maximum Gasteiger partial charge on any atom is 0.373 e. The number of nitrogens with zero attached hydrogens (tertiary/aromatic N) is 1. The second-order valence-electron chi connectivity index (χ2n) is 7.50. The van der Waals surface area contributed by atoms with Crippen LogP contribution < -0.4 is 14.8 Å². The van der Waals surface area contributed by atoms with Gasteiger partial charge in [-0.05, 0) is 65.7 Å². The van der Waals surface area contributed by atoms with Gasteiger partial charge in [0.2, 0.25) is 5.76 Å². The summed E-state index contributed by atoms with van der Waals surface area (Å²) in [4.78, 5) is 49.5. The zero-order chi connectivity index (χ0) is 25.7. The number of carbonyl (C=O) groups is 4. The van der Waals surface area contributed by atoms with Crippen LogP contribution in [0, 0.1) is 0 Å². The molecular weight excluding hydrogens is 528 g/mol. The molecule has 186 valence electrons. The van der Waals surface area contributed by atoms with Crippen LogP contribution in [0.15, 0.2) is 38.9 Å². The number of benzene rings is 1. The van der Waals surface area contributed by atoms with Crippen LogP contribution in [0.2, 0.25) is 0 Å². The van der Waals surface area contributed by atoms with E-state index in [9.17, 15) is 19.2 Å². The highest BCUT2D eigenvalue weighted by Crippen LogP contribution is 2.37. The Hall–Kier alpha value is -3.80. The third-order valence-corrected chi connectivity index (χ3v) is 5.18. The number of halogens is 1. The van der Waals surface area contributed by atoms with Crippen LogP contribution in [0.5, 0.6) is 11.5 Å². The summed E-state index contributed by atoms with van der Waals surface area (Å²) in [7, 11) is 2.64. The lowest BCUT2D eigenvalue weighted by Gasteiger charge is -2.14. The molecule has 35 heavy (non-hydrogen) atoms. The van der Waals surface area contributed by atoms with Crippen LogP contribution in [0.25, 0.3) is 6.08 Å². The number of methoxy groups -OCH3 is 2.